The quantitative estimate of drug-likeness (QED) is 0.457. The van der Waals surface area contributed by atoms with Gasteiger partial charge in [-0.15, -0.1) is 0 Å². The van der Waals surface area contributed by atoms with Crippen LogP contribution in [0.2, 0.25) is 6.55 Å². The normalized spacial score (nSPS) is 12.6. The van der Waals surface area contributed by atoms with E-state index in [1.165, 1.54) is 12.8 Å². The first-order valence-corrected chi connectivity index (χ1v) is 8.03. The summed E-state index contributed by atoms with van der Waals surface area (Å²) < 4.78 is 11.4. The van der Waals surface area contributed by atoms with Crippen LogP contribution >= 0.6 is 0 Å². The fourth-order valence-electron chi connectivity index (χ4n) is 1.33. The standard InChI is InChI=1S/C11H24O2Si/c1-5-8-9-10-11-14(4,12-6-2)13-7-3/h10-11H,5-9H2,1-4H3. The van der Waals surface area contributed by atoms with Gasteiger partial charge in [-0.3, -0.25) is 0 Å². The zero-order valence-corrected chi connectivity index (χ0v) is 11.0. The van der Waals surface area contributed by atoms with E-state index in [2.05, 4.69) is 25.2 Å². The molecule has 0 unspecified atom stereocenters. The molecule has 0 bridgehead atoms. The molecule has 14 heavy (non-hydrogen) atoms. The van der Waals surface area contributed by atoms with Crippen molar-refractivity contribution in [1.82, 2.24) is 0 Å². The van der Waals surface area contributed by atoms with Gasteiger partial charge in [0, 0.05) is 13.2 Å². The molecule has 0 atom stereocenters. The summed E-state index contributed by atoms with van der Waals surface area (Å²) in [5.41, 5.74) is 2.16. The van der Waals surface area contributed by atoms with Gasteiger partial charge in [0.2, 0.25) is 0 Å². The van der Waals surface area contributed by atoms with Crippen molar-refractivity contribution in [3.63, 3.8) is 0 Å². The van der Waals surface area contributed by atoms with E-state index >= 15 is 0 Å². The van der Waals surface area contributed by atoms with Gasteiger partial charge in [0.15, 0.2) is 0 Å². The van der Waals surface area contributed by atoms with Gasteiger partial charge in [0.05, 0.1) is 0 Å². The second-order valence-corrected chi connectivity index (χ2v) is 6.37. The third-order valence-corrected chi connectivity index (χ3v) is 4.57. The minimum atomic E-state index is -1.98. The lowest BCUT2D eigenvalue weighted by Gasteiger charge is -2.22. The molecule has 84 valence electrons. The van der Waals surface area contributed by atoms with E-state index in [4.69, 9.17) is 8.85 Å². The molecule has 0 aromatic rings. The van der Waals surface area contributed by atoms with Gasteiger partial charge in [-0.05, 0) is 32.5 Å². The van der Waals surface area contributed by atoms with Crippen molar-refractivity contribution in [2.24, 2.45) is 0 Å². The average Bonchev–Trinajstić information content (AvgIpc) is 2.13. The molecule has 0 aromatic carbocycles. The molecule has 0 aliphatic heterocycles. The molecule has 0 aliphatic carbocycles. The lowest BCUT2D eigenvalue weighted by molar-refractivity contribution is 0.201. The zero-order chi connectivity index (χ0) is 10.9. The van der Waals surface area contributed by atoms with Crippen molar-refractivity contribution in [2.45, 2.75) is 46.6 Å². The second kappa shape index (κ2) is 8.21. The van der Waals surface area contributed by atoms with Crippen molar-refractivity contribution >= 4 is 8.56 Å². The Morgan fingerprint density at radius 2 is 1.64 bits per heavy atom. The van der Waals surface area contributed by atoms with E-state index in [1.54, 1.807) is 0 Å². The third kappa shape index (κ3) is 6.35. The summed E-state index contributed by atoms with van der Waals surface area (Å²) in [4.78, 5) is 0. The Labute approximate surface area is 89.6 Å². The minimum absolute atomic E-state index is 0.737. The Morgan fingerprint density at radius 3 is 2.07 bits per heavy atom. The van der Waals surface area contributed by atoms with Crippen LogP contribution in [0, 0.1) is 0 Å². The van der Waals surface area contributed by atoms with Crippen molar-refractivity contribution in [2.75, 3.05) is 13.2 Å². The predicted octanol–water partition coefficient (Wildman–Crippen LogP) is 3.42. The van der Waals surface area contributed by atoms with E-state index in [0.29, 0.717) is 0 Å². The van der Waals surface area contributed by atoms with Gasteiger partial charge in [-0.2, -0.15) is 0 Å². The lowest BCUT2D eigenvalue weighted by atomic mass is 10.2. The van der Waals surface area contributed by atoms with Crippen LogP contribution in [0.4, 0.5) is 0 Å². The van der Waals surface area contributed by atoms with E-state index in [1.807, 2.05) is 13.8 Å². The summed E-state index contributed by atoms with van der Waals surface area (Å²) in [6.07, 6.45) is 5.84. The number of unbranched alkanes of at least 4 members (excludes halogenated alkanes) is 2. The molecule has 2 nitrogen and oxygen atoms in total. The molecule has 0 aliphatic rings. The van der Waals surface area contributed by atoms with Gasteiger partial charge in [-0.25, -0.2) is 0 Å². The van der Waals surface area contributed by atoms with Crippen LogP contribution in [0.5, 0.6) is 0 Å². The van der Waals surface area contributed by atoms with Crippen molar-refractivity contribution in [1.29, 1.82) is 0 Å². The fraction of sp³-hybridized carbons (Fsp3) is 0.818. The molecule has 0 aromatic heterocycles. The highest BCUT2D eigenvalue weighted by atomic mass is 28.4. The topological polar surface area (TPSA) is 18.5 Å². The largest absolute Gasteiger partial charge is 0.392 e. The minimum Gasteiger partial charge on any atom is -0.392 e. The molecule has 0 heterocycles. The second-order valence-electron chi connectivity index (χ2n) is 3.43. The highest BCUT2D eigenvalue weighted by Crippen LogP contribution is 2.10. The van der Waals surface area contributed by atoms with Crippen LogP contribution in [0.3, 0.4) is 0 Å². The Hall–Kier alpha value is -0.123. The highest BCUT2D eigenvalue weighted by Gasteiger charge is 2.26. The Balaban J connectivity index is 3.99. The van der Waals surface area contributed by atoms with Crippen molar-refractivity contribution in [3.8, 4) is 0 Å². The summed E-state index contributed by atoms with van der Waals surface area (Å²) >= 11 is 0. The van der Waals surface area contributed by atoms with Crippen LogP contribution in [0.25, 0.3) is 0 Å². The van der Waals surface area contributed by atoms with E-state index in [9.17, 15) is 0 Å². The SMILES string of the molecule is CCCCC=C[Si](C)(OCC)OCC. The number of rotatable bonds is 8. The van der Waals surface area contributed by atoms with Crippen LogP contribution in [0.1, 0.15) is 40.0 Å². The summed E-state index contributed by atoms with van der Waals surface area (Å²) in [7, 11) is -1.98. The van der Waals surface area contributed by atoms with Crippen molar-refractivity contribution < 1.29 is 8.85 Å². The van der Waals surface area contributed by atoms with Gasteiger partial charge in [-0.1, -0.05) is 25.8 Å². The number of allylic oxidation sites excluding steroid dienone is 1. The van der Waals surface area contributed by atoms with Crippen molar-refractivity contribution in [3.05, 3.63) is 11.8 Å². The number of hydrogen-bond donors (Lipinski definition) is 0. The van der Waals surface area contributed by atoms with E-state index in [-0.39, 0.29) is 0 Å². The Kier molecular flexibility index (Phi) is 8.13. The Bertz CT molecular complexity index is 151. The molecule has 0 saturated heterocycles. The smallest absolute Gasteiger partial charge is 0.361 e. The highest BCUT2D eigenvalue weighted by molar-refractivity contribution is 6.71. The summed E-state index contributed by atoms with van der Waals surface area (Å²) in [6, 6.07) is 0. The monoisotopic (exact) mass is 216 g/mol. The van der Waals surface area contributed by atoms with Gasteiger partial charge >= 0.3 is 8.56 Å². The first-order chi connectivity index (χ1) is 6.68. The molecule has 0 saturated carbocycles. The van der Waals surface area contributed by atoms with Crippen LogP contribution < -0.4 is 0 Å². The molecule has 0 spiro atoms. The maximum atomic E-state index is 5.68. The van der Waals surface area contributed by atoms with Gasteiger partial charge in [0.1, 0.15) is 0 Å². The average molecular weight is 216 g/mol. The van der Waals surface area contributed by atoms with E-state index in [0.717, 1.165) is 19.6 Å². The summed E-state index contributed by atoms with van der Waals surface area (Å²) in [5.74, 6) is 0. The Morgan fingerprint density at radius 1 is 1.07 bits per heavy atom. The number of hydrogen-bond acceptors (Lipinski definition) is 2. The van der Waals surface area contributed by atoms with Gasteiger partial charge < -0.3 is 8.85 Å². The summed E-state index contributed by atoms with van der Waals surface area (Å²) in [6.45, 7) is 9.81. The molecule has 3 heteroatoms. The lowest BCUT2D eigenvalue weighted by Crippen LogP contribution is -2.36. The van der Waals surface area contributed by atoms with E-state index < -0.39 is 8.56 Å². The fourth-order valence-corrected chi connectivity index (χ4v) is 3.35. The predicted molar refractivity (Wildman–Crippen MR) is 63.5 cm³/mol. The maximum absolute atomic E-state index is 5.68. The molecule has 0 amide bonds. The van der Waals surface area contributed by atoms with Crippen LogP contribution in [-0.4, -0.2) is 21.8 Å². The summed E-state index contributed by atoms with van der Waals surface area (Å²) in [5, 5.41) is 0. The molecule has 0 radical (unpaired) electrons. The third-order valence-electron chi connectivity index (χ3n) is 2.01. The maximum Gasteiger partial charge on any atom is 0.361 e. The van der Waals surface area contributed by atoms with Crippen LogP contribution in [-0.2, 0) is 8.85 Å². The van der Waals surface area contributed by atoms with Gasteiger partial charge in [0.25, 0.3) is 0 Å². The van der Waals surface area contributed by atoms with Crippen LogP contribution in [0.15, 0.2) is 11.8 Å². The first-order valence-electron chi connectivity index (χ1n) is 5.64. The molecule has 0 rings (SSSR count). The zero-order valence-electron chi connectivity index (χ0n) is 10.0. The molecular weight excluding hydrogens is 192 g/mol. The molecule has 0 N–H and O–H groups in total. The first kappa shape index (κ1) is 13.9. The molecule has 0 fully saturated rings. The molecular formula is C11H24O2Si.